The monoisotopic (exact) mass is 490 g/mol. The number of hydrogen-bond acceptors (Lipinski definition) is 6. The van der Waals surface area contributed by atoms with Gasteiger partial charge in [-0.15, -0.1) is 0 Å². The zero-order valence-corrected chi connectivity index (χ0v) is 17.9. The predicted molar refractivity (Wildman–Crippen MR) is 109 cm³/mol. The fourth-order valence-electron chi connectivity index (χ4n) is 3.11. The summed E-state index contributed by atoms with van der Waals surface area (Å²) >= 11 is 2.31. The van der Waals surface area contributed by atoms with Crippen LogP contribution in [0.15, 0.2) is 30.3 Å². The molecule has 1 aromatic carbocycles. The number of benzene rings is 1. The number of carbonyl (C=O) groups excluding carboxylic acids is 2. The SMILES string of the molecule is CC(=O)OC[C@H](OC(C)=O)[C@@H](OCc1ccccc1)[C@H]1CCCC(CI)O1. The van der Waals surface area contributed by atoms with Crippen LogP contribution in [0.5, 0.6) is 0 Å². The average molecular weight is 490 g/mol. The summed E-state index contributed by atoms with van der Waals surface area (Å²) in [6, 6.07) is 9.77. The summed E-state index contributed by atoms with van der Waals surface area (Å²) in [5.74, 6) is -0.870. The minimum Gasteiger partial charge on any atom is -0.462 e. The van der Waals surface area contributed by atoms with Crippen molar-refractivity contribution in [1.82, 2.24) is 0 Å². The van der Waals surface area contributed by atoms with E-state index in [9.17, 15) is 9.59 Å². The third kappa shape index (κ3) is 7.75. The van der Waals surface area contributed by atoms with Crippen LogP contribution in [0.25, 0.3) is 0 Å². The second-order valence-corrected chi connectivity index (χ2v) is 7.47. The Labute approximate surface area is 174 Å². The van der Waals surface area contributed by atoms with Crippen LogP contribution in [-0.2, 0) is 35.1 Å². The van der Waals surface area contributed by atoms with Crippen LogP contribution in [-0.4, -0.2) is 47.4 Å². The van der Waals surface area contributed by atoms with Crippen LogP contribution in [0, 0.1) is 0 Å². The molecular weight excluding hydrogens is 463 g/mol. The fraction of sp³-hybridized carbons (Fsp3) is 0.600. The Morgan fingerprint density at radius 2 is 1.93 bits per heavy atom. The van der Waals surface area contributed by atoms with Gasteiger partial charge in [-0.25, -0.2) is 0 Å². The van der Waals surface area contributed by atoms with Gasteiger partial charge in [0.15, 0.2) is 6.10 Å². The fourth-order valence-corrected chi connectivity index (χ4v) is 3.76. The molecular formula is C20H27IO6. The molecule has 6 nitrogen and oxygen atoms in total. The lowest BCUT2D eigenvalue weighted by molar-refractivity contribution is -0.190. The van der Waals surface area contributed by atoms with Gasteiger partial charge in [-0.2, -0.15) is 0 Å². The Hall–Kier alpha value is -1.19. The normalized spacial score (nSPS) is 21.9. The van der Waals surface area contributed by atoms with Gasteiger partial charge in [-0.1, -0.05) is 52.9 Å². The Balaban J connectivity index is 2.15. The third-order valence-electron chi connectivity index (χ3n) is 4.34. The molecule has 0 bridgehead atoms. The van der Waals surface area contributed by atoms with Crippen LogP contribution in [0.1, 0.15) is 38.7 Å². The lowest BCUT2D eigenvalue weighted by Crippen LogP contribution is -2.48. The highest BCUT2D eigenvalue weighted by molar-refractivity contribution is 14.1. The van der Waals surface area contributed by atoms with Crippen LogP contribution in [0.3, 0.4) is 0 Å². The zero-order valence-electron chi connectivity index (χ0n) is 15.8. The van der Waals surface area contributed by atoms with Gasteiger partial charge in [0.2, 0.25) is 0 Å². The molecule has 0 N–H and O–H groups in total. The predicted octanol–water partition coefficient (Wildman–Crippen LogP) is 3.44. The maximum absolute atomic E-state index is 11.6. The standard InChI is InChI=1S/C20H27IO6/c1-14(22)24-13-19(26-15(2)23)20(18-10-6-9-17(11-21)27-18)25-12-16-7-4-3-5-8-16/h3-5,7-8,17-20H,6,9-13H2,1-2H3/t17?,18-,19+,20+/m1/s1. The zero-order chi connectivity index (χ0) is 19.6. The van der Waals surface area contributed by atoms with E-state index in [-0.39, 0.29) is 18.8 Å². The maximum atomic E-state index is 11.6. The van der Waals surface area contributed by atoms with Crippen molar-refractivity contribution in [3.05, 3.63) is 35.9 Å². The van der Waals surface area contributed by atoms with Crippen LogP contribution in [0.2, 0.25) is 0 Å². The summed E-state index contributed by atoms with van der Waals surface area (Å²) in [5, 5.41) is 0. The topological polar surface area (TPSA) is 71.1 Å². The van der Waals surface area contributed by atoms with Crippen molar-refractivity contribution in [2.75, 3.05) is 11.0 Å². The van der Waals surface area contributed by atoms with Gasteiger partial charge in [-0.05, 0) is 24.8 Å². The van der Waals surface area contributed by atoms with E-state index < -0.39 is 24.1 Å². The highest BCUT2D eigenvalue weighted by atomic mass is 127. The maximum Gasteiger partial charge on any atom is 0.303 e. The molecule has 4 atom stereocenters. The van der Waals surface area contributed by atoms with E-state index >= 15 is 0 Å². The number of alkyl halides is 1. The molecule has 1 saturated heterocycles. The first-order valence-corrected chi connectivity index (χ1v) is 10.7. The van der Waals surface area contributed by atoms with Crippen molar-refractivity contribution in [3.63, 3.8) is 0 Å². The van der Waals surface area contributed by atoms with Crippen molar-refractivity contribution in [2.45, 2.75) is 64.1 Å². The molecule has 7 heteroatoms. The van der Waals surface area contributed by atoms with Crippen molar-refractivity contribution in [2.24, 2.45) is 0 Å². The van der Waals surface area contributed by atoms with E-state index in [1.165, 1.54) is 13.8 Å². The lowest BCUT2D eigenvalue weighted by atomic mass is 9.97. The van der Waals surface area contributed by atoms with E-state index in [1.54, 1.807) is 0 Å². The third-order valence-corrected chi connectivity index (χ3v) is 5.32. The van der Waals surface area contributed by atoms with Crippen molar-refractivity contribution in [3.8, 4) is 0 Å². The quantitative estimate of drug-likeness (QED) is 0.300. The lowest BCUT2D eigenvalue weighted by Gasteiger charge is -2.37. The van der Waals surface area contributed by atoms with E-state index in [1.807, 2.05) is 30.3 Å². The van der Waals surface area contributed by atoms with Crippen LogP contribution < -0.4 is 0 Å². The molecule has 1 fully saturated rings. The molecule has 0 radical (unpaired) electrons. The smallest absolute Gasteiger partial charge is 0.303 e. The Morgan fingerprint density at radius 1 is 1.19 bits per heavy atom. The van der Waals surface area contributed by atoms with E-state index in [0.717, 1.165) is 29.3 Å². The van der Waals surface area contributed by atoms with Gasteiger partial charge in [-0.3, -0.25) is 9.59 Å². The molecule has 1 aliphatic rings. The Kier molecular flexibility index (Phi) is 9.50. The van der Waals surface area contributed by atoms with Crippen molar-refractivity contribution < 1.29 is 28.5 Å². The second kappa shape index (κ2) is 11.6. The van der Waals surface area contributed by atoms with Crippen LogP contribution in [0.4, 0.5) is 0 Å². The minimum atomic E-state index is -0.715. The van der Waals surface area contributed by atoms with Gasteiger partial charge >= 0.3 is 11.9 Å². The molecule has 2 rings (SSSR count). The average Bonchev–Trinajstić information content (AvgIpc) is 2.66. The first-order chi connectivity index (χ1) is 13.0. The summed E-state index contributed by atoms with van der Waals surface area (Å²) < 4.78 is 23.8. The summed E-state index contributed by atoms with van der Waals surface area (Å²) in [7, 11) is 0. The first-order valence-electron chi connectivity index (χ1n) is 9.17. The minimum absolute atomic E-state index is 0.0524. The number of esters is 2. The molecule has 150 valence electrons. The summed E-state index contributed by atoms with van der Waals surface area (Å²) in [6.07, 6.45) is 1.54. The number of hydrogen-bond donors (Lipinski definition) is 0. The number of halogens is 1. The molecule has 0 aliphatic carbocycles. The summed E-state index contributed by atoms with van der Waals surface area (Å²) in [4.78, 5) is 22.9. The molecule has 27 heavy (non-hydrogen) atoms. The molecule has 1 unspecified atom stereocenters. The molecule has 1 aromatic rings. The van der Waals surface area contributed by atoms with Gasteiger partial charge in [0.1, 0.15) is 12.7 Å². The molecule has 1 aliphatic heterocycles. The number of rotatable bonds is 9. The molecule has 0 amide bonds. The van der Waals surface area contributed by atoms with Gasteiger partial charge < -0.3 is 18.9 Å². The van der Waals surface area contributed by atoms with Crippen molar-refractivity contribution in [1.29, 1.82) is 0 Å². The van der Waals surface area contributed by atoms with E-state index in [2.05, 4.69) is 22.6 Å². The summed E-state index contributed by atoms with van der Waals surface area (Å²) in [5.41, 5.74) is 1.01. The van der Waals surface area contributed by atoms with E-state index in [0.29, 0.717) is 6.61 Å². The molecule has 0 spiro atoms. The Bertz CT molecular complexity index is 593. The second-order valence-electron chi connectivity index (χ2n) is 6.59. The number of ether oxygens (including phenoxy) is 4. The van der Waals surface area contributed by atoms with Gasteiger partial charge in [0.25, 0.3) is 0 Å². The highest BCUT2D eigenvalue weighted by Gasteiger charge is 2.37. The molecule has 1 heterocycles. The highest BCUT2D eigenvalue weighted by Crippen LogP contribution is 2.27. The van der Waals surface area contributed by atoms with Crippen molar-refractivity contribution >= 4 is 34.5 Å². The molecule has 0 saturated carbocycles. The first kappa shape index (κ1) is 22.1. The van der Waals surface area contributed by atoms with Crippen LogP contribution >= 0.6 is 22.6 Å². The Morgan fingerprint density at radius 3 is 2.56 bits per heavy atom. The largest absolute Gasteiger partial charge is 0.462 e. The summed E-state index contributed by atoms with van der Waals surface area (Å²) in [6.45, 7) is 2.97. The number of carbonyl (C=O) groups is 2. The van der Waals surface area contributed by atoms with E-state index in [4.69, 9.17) is 18.9 Å². The van der Waals surface area contributed by atoms with Gasteiger partial charge in [0, 0.05) is 18.3 Å². The van der Waals surface area contributed by atoms with Gasteiger partial charge in [0.05, 0.1) is 18.8 Å². The molecule has 0 aromatic heterocycles.